The van der Waals surface area contributed by atoms with E-state index in [9.17, 15) is 23.6 Å². The Bertz CT molecular complexity index is 1440. The van der Waals surface area contributed by atoms with Gasteiger partial charge in [0.2, 0.25) is 16.0 Å². The number of piperidine rings is 2. The van der Waals surface area contributed by atoms with Crippen LogP contribution in [0.2, 0.25) is 0 Å². The van der Waals surface area contributed by atoms with E-state index in [1.807, 2.05) is 13.1 Å². The minimum atomic E-state index is -3.46. The number of nitrogens with zero attached hydrogens (tertiary/aromatic N) is 6. The molecule has 38 heavy (non-hydrogen) atoms. The first-order chi connectivity index (χ1) is 18.1. The molecule has 11 nitrogen and oxygen atoms in total. The Morgan fingerprint density at radius 2 is 1.92 bits per heavy atom. The van der Waals surface area contributed by atoms with E-state index in [4.69, 9.17) is 0 Å². The molecule has 3 fully saturated rings. The zero-order valence-electron chi connectivity index (χ0n) is 21.9. The second kappa shape index (κ2) is 10.4. The molecule has 204 valence electrons. The molecule has 0 aromatic carbocycles. The number of likely N-dealkylation sites (tertiary alicyclic amines) is 1. The third kappa shape index (κ3) is 5.33. The third-order valence-corrected chi connectivity index (χ3v) is 9.89. The molecule has 2 aromatic heterocycles. The molecule has 2 N–H and O–H groups in total. The van der Waals surface area contributed by atoms with Crippen LogP contribution in [0.3, 0.4) is 0 Å². The van der Waals surface area contributed by atoms with Gasteiger partial charge < -0.3 is 15.3 Å². The maximum Gasteiger partial charge on any atom is 0.270 e. The van der Waals surface area contributed by atoms with E-state index in [1.54, 1.807) is 17.4 Å². The number of fused-ring (bicyclic) bond motifs is 1. The van der Waals surface area contributed by atoms with Crippen molar-refractivity contribution in [3.63, 3.8) is 0 Å². The van der Waals surface area contributed by atoms with Crippen LogP contribution < -0.4 is 10.9 Å². The number of nitriles is 1. The molecule has 2 saturated heterocycles. The van der Waals surface area contributed by atoms with Crippen molar-refractivity contribution in [3.8, 4) is 6.07 Å². The quantitative estimate of drug-likeness (QED) is 0.580. The largest absolute Gasteiger partial charge is 0.388 e. The number of anilines is 1. The molecule has 2 atom stereocenters. The number of hydrogen-bond donors (Lipinski definition) is 2. The Morgan fingerprint density at radius 3 is 2.55 bits per heavy atom. The molecule has 12 heteroatoms. The zero-order valence-corrected chi connectivity index (χ0v) is 22.7. The van der Waals surface area contributed by atoms with E-state index in [0.29, 0.717) is 55.8 Å². The van der Waals surface area contributed by atoms with Gasteiger partial charge in [-0.2, -0.15) is 14.6 Å². The molecular weight excluding hydrogens is 506 g/mol. The molecule has 0 unspecified atom stereocenters. The number of rotatable bonds is 5. The molecule has 0 bridgehead atoms. The maximum absolute atomic E-state index is 13.2. The number of nitrogens with one attached hydrogen (secondary N) is 1. The van der Waals surface area contributed by atoms with Gasteiger partial charge in [-0.05, 0) is 65.0 Å². The van der Waals surface area contributed by atoms with Crippen LogP contribution in [0.5, 0.6) is 0 Å². The lowest BCUT2D eigenvalue weighted by Crippen LogP contribution is -2.42. The fraction of sp³-hybridized carbons (Fsp3) is 0.615. The number of hydrogen-bond acceptors (Lipinski definition) is 9. The first kappa shape index (κ1) is 26.7. The van der Waals surface area contributed by atoms with Crippen molar-refractivity contribution in [2.24, 2.45) is 0 Å². The van der Waals surface area contributed by atoms with E-state index in [1.165, 1.54) is 16.0 Å². The summed E-state index contributed by atoms with van der Waals surface area (Å²) in [5, 5.41) is 25.8. The molecule has 1 saturated carbocycles. The van der Waals surface area contributed by atoms with E-state index in [2.05, 4.69) is 20.2 Å². The minimum Gasteiger partial charge on any atom is -0.388 e. The summed E-state index contributed by atoms with van der Waals surface area (Å²) < 4.78 is 28.9. The molecular formula is C26H35N7O4S. The lowest BCUT2D eigenvalue weighted by molar-refractivity contribution is 0.0266. The third-order valence-electron chi connectivity index (χ3n) is 8.18. The molecule has 4 heterocycles. The first-order valence-corrected chi connectivity index (χ1v) is 14.8. The monoisotopic (exact) mass is 541 g/mol. The molecule has 0 amide bonds. The Morgan fingerprint density at radius 1 is 1.21 bits per heavy atom. The van der Waals surface area contributed by atoms with Gasteiger partial charge in [-0.15, -0.1) is 0 Å². The minimum absolute atomic E-state index is 0.00620. The highest BCUT2D eigenvalue weighted by Gasteiger charge is 2.40. The summed E-state index contributed by atoms with van der Waals surface area (Å²) in [7, 11) is -1.41. The van der Waals surface area contributed by atoms with Gasteiger partial charge in [0.15, 0.2) is 0 Å². The van der Waals surface area contributed by atoms with Crippen molar-refractivity contribution in [2.45, 2.75) is 69.6 Å². The van der Waals surface area contributed by atoms with Gasteiger partial charge in [-0.1, -0.05) is 5.57 Å². The van der Waals surface area contributed by atoms with Gasteiger partial charge in [-0.3, -0.25) is 9.36 Å². The summed E-state index contributed by atoms with van der Waals surface area (Å²) in [5.41, 5.74) is -0.185. The van der Waals surface area contributed by atoms with Crippen molar-refractivity contribution < 1.29 is 13.5 Å². The highest BCUT2D eigenvalue weighted by molar-refractivity contribution is 7.92. The maximum atomic E-state index is 13.2. The van der Waals surface area contributed by atoms with Crippen LogP contribution in [0, 0.1) is 11.3 Å². The Hall–Kier alpha value is -2.85. The highest BCUT2D eigenvalue weighted by atomic mass is 32.2. The second-order valence-corrected chi connectivity index (χ2v) is 12.8. The average Bonchev–Trinajstić information content (AvgIpc) is 3.23. The van der Waals surface area contributed by atoms with E-state index < -0.39 is 27.2 Å². The highest BCUT2D eigenvalue weighted by Crippen LogP contribution is 2.39. The standard InChI is InChI=1S/C26H35N7O4S/c1-26(35)9-3-4-22(26)33-23-20(14-19(15-27)24(33)34)16-28-25(30-23)29-21-7-12-32(13-8-21)38(36,37)17-18-5-10-31(2)11-6-18/h14,16-17,21-22,35H,3-13H2,1-2H3,(H,28,29,30)/t22-,26-/m1/s1. The predicted octanol–water partition coefficient (Wildman–Crippen LogP) is 1.95. The predicted molar refractivity (Wildman–Crippen MR) is 144 cm³/mol. The van der Waals surface area contributed by atoms with Crippen LogP contribution in [0.25, 0.3) is 11.0 Å². The van der Waals surface area contributed by atoms with Crippen molar-refractivity contribution in [1.29, 1.82) is 5.26 Å². The summed E-state index contributed by atoms with van der Waals surface area (Å²) in [6.45, 7) is 4.27. The van der Waals surface area contributed by atoms with Gasteiger partial charge in [0.25, 0.3) is 5.56 Å². The van der Waals surface area contributed by atoms with Crippen molar-refractivity contribution in [3.05, 3.63) is 39.2 Å². The second-order valence-electron chi connectivity index (χ2n) is 11.0. The Balaban J connectivity index is 1.33. The lowest BCUT2D eigenvalue weighted by Gasteiger charge is -2.31. The van der Waals surface area contributed by atoms with Crippen molar-refractivity contribution in [2.75, 3.05) is 38.5 Å². The van der Waals surface area contributed by atoms with Gasteiger partial charge in [0.05, 0.1) is 11.6 Å². The summed E-state index contributed by atoms with van der Waals surface area (Å²) in [5.74, 6) is 0.336. The zero-order chi connectivity index (χ0) is 27.1. The van der Waals surface area contributed by atoms with Gasteiger partial charge in [-0.25, -0.2) is 13.4 Å². The topological polar surface area (TPSA) is 144 Å². The van der Waals surface area contributed by atoms with Crippen LogP contribution in [-0.4, -0.2) is 82.1 Å². The van der Waals surface area contributed by atoms with Gasteiger partial charge in [0.1, 0.15) is 17.3 Å². The lowest BCUT2D eigenvalue weighted by atomic mass is 9.99. The molecule has 1 aliphatic carbocycles. The van der Waals surface area contributed by atoms with Gasteiger partial charge in [0, 0.05) is 49.2 Å². The summed E-state index contributed by atoms with van der Waals surface area (Å²) in [6.07, 6.45) is 6.30. The van der Waals surface area contributed by atoms with E-state index >= 15 is 0 Å². The molecule has 0 spiro atoms. The van der Waals surface area contributed by atoms with E-state index in [-0.39, 0.29) is 11.6 Å². The van der Waals surface area contributed by atoms with Crippen molar-refractivity contribution in [1.82, 2.24) is 23.7 Å². The van der Waals surface area contributed by atoms with E-state index in [0.717, 1.165) is 37.9 Å². The van der Waals surface area contributed by atoms with Crippen LogP contribution in [0.4, 0.5) is 5.95 Å². The van der Waals surface area contributed by atoms with Gasteiger partial charge >= 0.3 is 0 Å². The first-order valence-electron chi connectivity index (χ1n) is 13.3. The molecule has 3 aliphatic rings. The van der Waals surface area contributed by atoms with Crippen LogP contribution >= 0.6 is 0 Å². The number of aliphatic hydroxyl groups is 1. The van der Waals surface area contributed by atoms with Crippen LogP contribution in [-0.2, 0) is 10.0 Å². The smallest absolute Gasteiger partial charge is 0.270 e. The normalized spacial score (nSPS) is 25.9. The van der Waals surface area contributed by atoms with Crippen LogP contribution in [0.1, 0.15) is 63.5 Å². The SMILES string of the molecule is CN1CCC(=CS(=O)(=O)N2CCC(Nc3ncc4cc(C#N)c(=O)n([C@@H]5CCC[C@@]5(C)O)c4n3)CC2)CC1. The fourth-order valence-corrected chi connectivity index (χ4v) is 7.37. The molecule has 2 aromatic rings. The number of aromatic nitrogens is 3. The van der Waals surface area contributed by atoms with Crippen LogP contribution in [0.15, 0.2) is 28.0 Å². The molecule has 0 radical (unpaired) electrons. The number of sulfonamides is 1. The average molecular weight is 542 g/mol. The summed E-state index contributed by atoms with van der Waals surface area (Å²) >= 11 is 0. The summed E-state index contributed by atoms with van der Waals surface area (Å²) in [6, 6.07) is 2.94. The Kier molecular flexibility index (Phi) is 7.30. The summed E-state index contributed by atoms with van der Waals surface area (Å²) in [4.78, 5) is 24.4. The molecule has 2 aliphatic heterocycles. The Labute approximate surface area is 222 Å². The molecule has 5 rings (SSSR count). The fourth-order valence-electron chi connectivity index (χ4n) is 5.84. The van der Waals surface area contributed by atoms with Crippen molar-refractivity contribution >= 4 is 27.0 Å². The number of pyridine rings is 1.